The molecule has 0 bridgehead atoms. The lowest BCUT2D eigenvalue weighted by Crippen LogP contribution is -2.11. The molecule has 1 aliphatic rings. The lowest BCUT2D eigenvalue weighted by atomic mass is 10.2. The van der Waals surface area contributed by atoms with Crippen LogP contribution in [0.25, 0.3) is 0 Å². The fourth-order valence-electron chi connectivity index (χ4n) is 0.681. The molecule has 0 spiro atoms. The molecule has 66 valence electrons. The molecule has 3 nitrogen and oxygen atoms in total. The summed E-state index contributed by atoms with van der Waals surface area (Å²) in [5.74, 6) is 0.123. The Labute approximate surface area is 71.7 Å². The summed E-state index contributed by atoms with van der Waals surface area (Å²) in [5.41, 5.74) is 0. The van der Waals surface area contributed by atoms with E-state index in [9.17, 15) is 4.79 Å². The number of carbonyl (C=O) groups is 1. The summed E-state index contributed by atoms with van der Waals surface area (Å²) in [5, 5.41) is 0. The normalized spacial score (nSPS) is 15.4. The smallest absolute Gasteiger partial charge is 0.313 e. The fourth-order valence-corrected chi connectivity index (χ4v) is 0.681. The third kappa shape index (κ3) is 2.42. The number of ether oxygens (including phenoxy) is 2. The van der Waals surface area contributed by atoms with E-state index in [-0.39, 0.29) is 11.9 Å². The third-order valence-corrected chi connectivity index (χ3v) is 1.36. The van der Waals surface area contributed by atoms with Gasteiger partial charge in [-0.15, -0.1) is 0 Å². The van der Waals surface area contributed by atoms with Crippen molar-refractivity contribution in [3.05, 3.63) is 24.2 Å². The van der Waals surface area contributed by atoms with Gasteiger partial charge in [-0.25, -0.2) is 0 Å². The molecule has 1 heterocycles. The second-order valence-electron chi connectivity index (χ2n) is 2.83. The first-order valence-electron chi connectivity index (χ1n) is 3.90. The van der Waals surface area contributed by atoms with Crippen LogP contribution in [0.4, 0.5) is 0 Å². The van der Waals surface area contributed by atoms with Crippen LogP contribution in [0, 0.1) is 5.92 Å². The average molecular weight is 168 g/mol. The molecule has 0 aromatic rings. The van der Waals surface area contributed by atoms with E-state index < -0.39 is 0 Å². The molecule has 0 aliphatic carbocycles. The van der Waals surface area contributed by atoms with Crippen molar-refractivity contribution in [2.24, 2.45) is 5.92 Å². The van der Waals surface area contributed by atoms with Gasteiger partial charge in [-0.3, -0.25) is 4.79 Å². The minimum Gasteiger partial charge on any atom is -0.493 e. The first-order valence-corrected chi connectivity index (χ1v) is 3.90. The summed E-state index contributed by atoms with van der Waals surface area (Å²) in [6.45, 7) is 4.12. The van der Waals surface area contributed by atoms with E-state index in [0.717, 1.165) is 0 Å². The molecule has 0 N–H and O–H groups in total. The maximum Gasteiger partial charge on any atom is 0.313 e. The standard InChI is InChI=1S/C9H12O3/c1-7(2)9(10)12-8-4-3-5-11-6-8/h3-4,6-7H,5H2,1-2H3. The van der Waals surface area contributed by atoms with Crippen LogP contribution in [-0.4, -0.2) is 12.6 Å². The molecule has 0 atom stereocenters. The first-order chi connectivity index (χ1) is 5.70. The summed E-state index contributed by atoms with van der Waals surface area (Å²) in [4.78, 5) is 11.1. The van der Waals surface area contributed by atoms with E-state index in [4.69, 9.17) is 9.47 Å². The molecule has 0 aromatic heterocycles. The van der Waals surface area contributed by atoms with Crippen molar-refractivity contribution in [2.75, 3.05) is 6.61 Å². The van der Waals surface area contributed by atoms with Crippen LogP contribution in [-0.2, 0) is 14.3 Å². The zero-order valence-electron chi connectivity index (χ0n) is 7.24. The molecule has 12 heavy (non-hydrogen) atoms. The van der Waals surface area contributed by atoms with Crippen LogP contribution < -0.4 is 0 Å². The topological polar surface area (TPSA) is 35.5 Å². The monoisotopic (exact) mass is 168 g/mol. The number of hydrogen-bond acceptors (Lipinski definition) is 3. The van der Waals surface area contributed by atoms with Gasteiger partial charge in [-0.1, -0.05) is 13.8 Å². The molecule has 1 aliphatic heterocycles. The van der Waals surface area contributed by atoms with Gasteiger partial charge in [0.15, 0.2) is 5.76 Å². The SMILES string of the molecule is CC(C)C(=O)OC1=COCC=C1. The highest BCUT2D eigenvalue weighted by Gasteiger charge is 2.10. The quantitative estimate of drug-likeness (QED) is 0.587. The Bertz CT molecular complexity index is 226. The van der Waals surface area contributed by atoms with E-state index in [1.54, 1.807) is 26.0 Å². The molecule has 0 unspecified atom stereocenters. The Morgan fingerprint density at radius 1 is 1.67 bits per heavy atom. The molecule has 0 fully saturated rings. The molecule has 0 saturated heterocycles. The Morgan fingerprint density at radius 3 is 2.92 bits per heavy atom. The molecule has 0 amide bonds. The van der Waals surface area contributed by atoms with Crippen molar-refractivity contribution in [3.63, 3.8) is 0 Å². The number of carbonyl (C=O) groups excluding carboxylic acids is 1. The van der Waals surface area contributed by atoms with Gasteiger partial charge in [0.1, 0.15) is 12.9 Å². The second-order valence-corrected chi connectivity index (χ2v) is 2.83. The van der Waals surface area contributed by atoms with E-state index in [1.807, 2.05) is 0 Å². The maximum absolute atomic E-state index is 11.1. The van der Waals surface area contributed by atoms with Crippen molar-refractivity contribution in [3.8, 4) is 0 Å². The Hall–Kier alpha value is -1.25. The van der Waals surface area contributed by atoms with E-state index in [0.29, 0.717) is 12.4 Å². The Kier molecular flexibility index (Phi) is 2.91. The summed E-state index contributed by atoms with van der Waals surface area (Å²) >= 11 is 0. The molecule has 0 radical (unpaired) electrons. The minimum absolute atomic E-state index is 0.110. The van der Waals surface area contributed by atoms with E-state index >= 15 is 0 Å². The lowest BCUT2D eigenvalue weighted by molar-refractivity contribution is -0.142. The average Bonchev–Trinajstić information content (AvgIpc) is 2.06. The van der Waals surface area contributed by atoms with Gasteiger partial charge in [-0.05, 0) is 12.2 Å². The van der Waals surface area contributed by atoms with Crippen molar-refractivity contribution < 1.29 is 14.3 Å². The van der Waals surface area contributed by atoms with Gasteiger partial charge in [-0.2, -0.15) is 0 Å². The lowest BCUT2D eigenvalue weighted by Gasteiger charge is -2.09. The molecular weight excluding hydrogens is 156 g/mol. The Balaban J connectivity index is 2.46. The summed E-state index contributed by atoms with van der Waals surface area (Å²) in [7, 11) is 0. The van der Waals surface area contributed by atoms with Gasteiger partial charge in [0.05, 0.1) is 5.92 Å². The zero-order chi connectivity index (χ0) is 8.97. The second kappa shape index (κ2) is 3.95. The van der Waals surface area contributed by atoms with Gasteiger partial charge in [0.2, 0.25) is 0 Å². The molecule has 3 heteroatoms. The number of esters is 1. The van der Waals surface area contributed by atoms with Crippen molar-refractivity contribution in [1.82, 2.24) is 0 Å². The van der Waals surface area contributed by atoms with Crippen LogP contribution in [0.2, 0.25) is 0 Å². The summed E-state index contributed by atoms with van der Waals surface area (Å²) in [6.07, 6.45) is 4.97. The third-order valence-electron chi connectivity index (χ3n) is 1.36. The Morgan fingerprint density at radius 2 is 2.42 bits per heavy atom. The highest BCUT2D eigenvalue weighted by molar-refractivity contribution is 5.73. The van der Waals surface area contributed by atoms with E-state index in [1.165, 1.54) is 6.26 Å². The highest BCUT2D eigenvalue weighted by atomic mass is 16.6. The maximum atomic E-state index is 11.1. The van der Waals surface area contributed by atoms with Gasteiger partial charge < -0.3 is 9.47 Å². The van der Waals surface area contributed by atoms with Gasteiger partial charge in [0.25, 0.3) is 0 Å². The van der Waals surface area contributed by atoms with Crippen LogP contribution >= 0.6 is 0 Å². The van der Waals surface area contributed by atoms with E-state index in [2.05, 4.69) is 0 Å². The number of rotatable bonds is 2. The molecule has 1 rings (SSSR count). The predicted molar refractivity (Wildman–Crippen MR) is 44.1 cm³/mol. The van der Waals surface area contributed by atoms with Crippen LogP contribution in [0.15, 0.2) is 24.2 Å². The van der Waals surface area contributed by atoms with Gasteiger partial charge >= 0.3 is 5.97 Å². The zero-order valence-corrected chi connectivity index (χ0v) is 7.24. The van der Waals surface area contributed by atoms with Crippen LogP contribution in [0.5, 0.6) is 0 Å². The van der Waals surface area contributed by atoms with Crippen LogP contribution in [0.3, 0.4) is 0 Å². The summed E-state index contributed by atoms with van der Waals surface area (Å²) < 4.78 is 9.90. The van der Waals surface area contributed by atoms with Crippen LogP contribution in [0.1, 0.15) is 13.8 Å². The van der Waals surface area contributed by atoms with Gasteiger partial charge in [0, 0.05) is 0 Å². The minimum atomic E-state index is -0.239. The number of allylic oxidation sites excluding steroid dienone is 1. The van der Waals surface area contributed by atoms with Crippen molar-refractivity contribution in [1.29, 1.82) is 0 Å². The highest BCUT2D eigenvalue weighted by Crippen LogP contribution is 2.08. The number of hydrogen-bond donors (Lipinski definition) is 0. The molecular formula is C9H12O3. The first kappa shape index (κ1) is 8.84. The van der Waals surface area contributed by atoms with Crippen molar-refractivity contribution >= 4 is 5.97 Å². The summed E-state index contributed by atoms with van der Waals surface area (Å²) in [6, 6.07) is 0. The largest absolute Gasteiger partial charge is 0.493 e. The predicted octanol–water partition coefficient (Wildman–Crippen LogP) is 1.61. The molecule has 0 aromatic carbocycles. The fraction of sp³-hybridized carbons (Fsp3) is 0.444. The molecule has 0 saturated carbocycles. The van der Waals surface area contributed by atoms with Crippen molar-refractivity contribution in [2.45, 2.75) is 13.8 Å².